The van der Waals surface area contributed by atoms with Crippen LogP contribution in [-0.4, -0.2) is 81.2 Å². The van der Waals surface area contributed by atoms with Crippen LogP contribution in [0, 0.1) is 0 Å². The molecule has 5 heterocycles. The summed E-state index contributed by atoms with van der Waals surface area (Å²) in [4.78, 5) is 27.0. The number of anilines is 1. The molecular formula is C31H33N7O3. The maximum Gasteiger partial charge on any atom is 0.337 e. The predicted octanol–water partition coefficient (Wildman–Crippen LogP) is 3.73. The van der Waals surface area contributed by atoms with E-state index in [1.807, 2.05) is 29.1 Å². The van der Waals surface area contributed by atoms with Gasteiger partial charge in [0.05, 0.1) is 55.6 Å². The molecule has 0 N–H and O–H groups in total. The quantitative estimate of drug-likeness (QED) is 0.270. The zero-order valence-electron chi connectivity index (χ0n) is 23.1. The largest absolute Gasteiger partial charge is 0.465 e. The van der Waals surface area contributed by atoms with Crippen molar-refractivity contribution in [1.29, 1.82) is 0 Å². The van der Waals surface area contributed by atoms with Gasteiger partial charge in [0, 0.05) is 38.2 Å². The van der Waals surface area contributed by atoms with Crippen molar-refractivity contribution in [3.63, 3.8) is 0 Å². The van der Waals surface area contributed by atoms with E-state index in [0.717, 1.165) is 86.0 Å². The van der Waals surface area contributed by atoms with Gasteiger partial charge in [-0.15, -0.1) is 0 Å². The third kappa shape index (κ3) is 5.16. The third-order valence-corrected chi connectivity index (χ3v) is 8.14. The average molecular weight is 552 g/mol. The molecule has 0 aliphatic carbocycles. The van der Waals surface area contributed by atoms with Gasteiger partial charge in [-0.1, -0.05) is 30.3 Å². The summed E-state index contributed by atoms with van der Waals surface area (Å²) >= 11 is 0. The molecule has 7 rings (SSSR count). The minimum absolute atomic E-state index is 0.182. The Morgan fingerprint density at radius 3 is 2.59 bits per heavy atom. The molecule has 0 radical (unpaired) electrons. The van der Waals surface area contributed by atoms with Gasteiger partial charge in [-0.25, -0.2) is 19.4 Å². The Morgan fingerprint density at radius 2 is 1.83 bits per heavy atom. The molecule has 0 bridgehead atoms. The number of hydrogen-bond donors (Lipinski definition) is 0. The number of nitrogens with zero attached hydrogens (tertiary/aromatic N) is 7. The number of piperazine rings is 1. The summed E-state index contributed by atoms with van der Waals surface area (Å²) in [5, 5.41) is 5.65. The van der Waals surface area contributed by atoms with Gasteiger partial charge in [-0.3, -0.25) is 4.90 Å². The van der Waals surface area contributed by atoms with E-state index < -0.39 is 0 Å². The second-order valence-corrected chi connectivity index (χ2v) is 10.7. The van der Waals surface area contributed by atoms with Crippen molar-refractivity contribution in [1.82, 2.24) is 29.2 Å². The highest BCUT2D eigenvalue weighted by atomic mass is 16.5. The molecule has 2 aromatic carbocycles. The SMILES string of the molecule is COC(=O)c1ccc2nc(CN3CCN(c4ccc5cnn(Cc6ccccc6)c5n4)CC3)n(CC3CCO3)c2c1. The maximum atomic E-state index is 12.2. The van der Waals surface area contributed by atoms with E-state index in [4.69, 9.17) is 19.4 Å². The van der Waals surface area contributed by atoms with Gasteiger partial charge in [0.25, 0.3) is 0 Å². The molecule has 2 fully saturated rings. The summed E-state index contributed by atoms with van der Waals surface area (Å²) in [6, 6.07) is 20.2. The highest BCUT2D eigenvalue weighted by molar-refractivity contribution is 5.93. The van der Waals surface area contributed by atoms with Crippen LogP contribution in [0.1, 0.15) is 28.2 Å². The number of benzene rings is 2. The van der Waals surface area contributed by atoms with Crippen LogP contribution in [0.15, 0.2) is 66.9 Å². The number of esters is 1. The summed E-state index contributed by atoms with van der Waals surface area (Å²) in [5.41, 5.74) is 4.48. The maximum absolute atomic E-state index is 12.2. The molecule has 2 aliphatic rings. The standard InChI is InChI=1S/C31H33N7O3/c1-40-31(39)23-7-9-26-27(17-23)37(20-25-11-16-41-25)29(33-26)21-35-12-14-36(15-13-35)28-10-8-24-18-32-38(30(24)34-28)19-22-5-3-2-4-6-22/h2-10,17-18,25H,11-16,19-21H2,1H3. The number of imidazole rings is 1. The van der Waals surface area contributed by atoms with Crippen LogP contribution in [0.4, 0.5) is 5.82 Å². The van der Waals surface area contributed by atoms with Gasteiger partial charge in [0.15, 0.2) is 5.65 Å². The fraction of sp³-hybridized carbons (Fsp3) is 0.355. The molecule has 0 spiro atoms. The van der Waals surface area contributed by atoms with Crippen molar-refractivity contribution >= 4 is 33.9 Å². The molecule has 1 atom stereocenters. The zero-order chi connectivity index (χ0) is 27.8. The van der Waals surface area contributed by atoms with Gasteiger partial charge >= 0.3 is 5.97 Å². The summed E-state index contributed by atoms with van der Waals surface area (Å²) in [5.74, 6) is 1.64. The van der Waals surface area contributed by atoms with Crippen LogP contribution in [0.2, 0.25) is 0 Å². The molecule has 3 aromatic heterocycles. The van der Waals surface area contributed by atoms with E-state index in [-0.39, 0.29) is 12.1 Å². The molecule has 41 heavy (non-hydrogen) atoms. The number of ether oxygens (including phenoxy) is 2. The number of carbonyl (C=O) groups excluding carboxylic acids is 1. The lowest BCUT2D eigenvalue weighted by atomic mass is 10.1. The molecule has 1 unspecified atom stereocenters. The molecular weight excluding hydrogens is 518 g/mol. The minimum atomic E-state index is -0.341. The number of methoxy groups -OCH3 is 1. The van der Waals surface area contributed by atoms with Crippen molar-refractivity contribution in [2.24, 2.45) is 0 Å². The highest BCUT2D eigenvalue weighted by Gasteiger charge is 2.25. The van der Waals surface area contributed by atoms with E-state index in [1.165, 1.54) is 12.7 Å². The van der Waals surface area contributed by atoms with E-state index in [0.29, 0.717) is 12.1 Å². The van der Waals surface area contributed by atoms with E-state index >= 15 is 0 Å². The molecule has 2 aliphatic heterocycles. The number of carbonyl (C=O) groups is 1. The summed E-state index contributed by atoms with van der Waals surface area (Å²) in [6.07, 6.45) is 3.11. The van der Waals surface area contributed by atoms with Gasteiger partial charge < -0.3 is 18.9 Å². The van der Waals surface area contributed by atoms with Crippen molar-refractivity contribution in [2.75, 3.05) is 44.8 Å². The van der Waals surface area contributed by atoms with Gasteiger partial charge in [0.2, 0.25) is 0 Å². The van der Waals surface area contributed by atoms with Crippen LogP contribution < -0.4 is 4.90 Å². The first kappa shape index (κ1) is 25.7. The molecule has 210 valence electrons. The lowest BCUT2D eigenvalue weighted by Gasteiger charge is -2.35. The van der Waals surface area contributed by atoms with Crippen LogP contribution in [0.25, 0.3) is 22.1 Å². The Bertz CT molecular complexity index is 1680. The summed E-state index contributed by atoms with van der Waals surface area (Å²) < 4.78 is 14.9. The smallest absolute Gasteiger partial charge is 0.337 e. The lowest BCUT2D eigenvalue weighted by Crippen LogP contribution is -2.46. The predicted molar refractivity (Wildman–Crippen MR) is 156 cm³/mol. The first-order valence-corrected chi connectivity index (χ1v) is 14.2. The van der Waals surface area contributed by atoms with Crippen molar-refractivity contribution < 1.29 is 14.3 Å². The summed E-state index contributed by atoms with van der Waals surface area (Å²) in [6.45, 7) is 6.53. The van der Waals surface area contributed by atoms with Crippen LogP contribution in [0.3, 0.4) is 0 Å². The first-order chi connectivity index (χ1) is 20.1. The first-order valence-electron chi connectivity index (χ1n) is 14.2. The average Bonchev–Trinajstić information content (AvgIpc) is 3.55. The van der Waals surface area contributed by atoms with Gasteiger partial charge in [0.1, 0.15) is 11.6 Å². The second-order valence-electron chi connectivity index (χ2n) is 10.7. The molecule has 10 heteroatoms. The normalized spacial score (nSPS) is 17.7. The number of hydrogen-bond acceptors (Lipinski definition) is 8. The fourth-order valence-corrected chi connectivity index (χ4v) is 5.70. The molecule has 0 amide bonds. The number of pyridine rings is 1. The monoisotopic (exact) mass is 551 g/mol. The van der Waals surface area contributed by atoms with E-state index in [1.54, 1.807) is 6.07 Å². The highest BCUT2D eigenvalue weighted by Crippen LogP contribution is 2.25. The summed E-state index contributed by atoms with van der Waals surface area (Å²) in [7, 11) is 1.41. The Labute approximate surface area is 238 Å². The van der Waals surface area contributed by atoms with Crippen LogP contribution in [0.5, 0.6) is 0 Å². The lowest BCUT2D eigenvalue weighted by molar-refractivity contribution is -0.0592. The third-order valence-electron chi connectivity index (χ3n) is 8.14. The van der Waals surface area contributed by atoms with E-state index in [2.05, 4.69) is 55.9 Å². The van der Waals surface area contributed by atoms with Crippen molar-refractivity contribution in [2.45, 2.75) is 32.2 Å². The second kappa shape index (κ2) is 10.9. The van der Waals surface area contributed by atoms with E-state index in [9.17, 15) is 4.79 Å². The van der Waals surface area contributed by atoms with Crippen molar-refractivity contribution in [3.05, 3.63) is 83.8 Å². The Morgan fingerprint density at radius 1 is 1.00 bits per heavy atom. The number of aromatic nitrogens is 5. The fourth-order valence-electron chi connectivity index (χ4n) is 5.70. The minimum Gasteiger partial charge on any atom is -0.465 e. The number of fused-ring (bicyclic) bond motifs is 2. The topological polar surface area (TPSA) is 90.5 Å². The zero-order valence-corrected chi connectivity index (χ0v) is 23.1. The Balaban J connectivity index is 1.07. The molecule has 10 nitrogen and oxygen atoms in total. The number of rotatable bonds is 8. The van der Waals surface area contributed by atoms with Gasteiger partial charge in [-0.05, 0) is 42.3 Å². The van der Waals surface area contributed by atoms with Gasteiger partial charge in [-0.2, -0.15) is 5.10 Å². The molecule has 2 saturated heterocycles. The Kier molecular flexibility index (Phi) is 6.85. The molecule has 5 aromatic rings. The Hall–Kier alpha value is -4.28. The van der Waals surface area contributed by atoms with Crippen molar-refractivity contribution in [3.8, 4) is 0 Å². The van der Waals surface area contributed by atoms with Crippen LogP contribution >= 0.6 is 0 Å². The molecule has 0 saturated carbocycles. The van der Waals surface area contributed by atoms with Crippen LogP contribution in [-0.2, 0) is 29.1 Å².